The second-order valence-corrected chi connectivity index (χ2v) is 4.69. The average molecular weight is 197 g/mol. The third-order valence-corrected chi connectivity index (χ3v) is 2.80. The van der Waals surface area contributed by atoms with E-state index in [-0.39, 0.29) is 0 Å². The molecule has 0 aromatic rings. The summed E-state index contributed by atoms with van der Waals surface area (Å²) in [5.74, 6) is 0. The quantitative estimate of drug-likeness (QED) is 0.671. The van der Waals surface area contributed by atoms with Crippen molar-refractivity contribution in [3.8, 4) is 0 Å². The number of allylic oxidation sites excluding steroid dienone is 3. The highest BCUT2D eigenvalue weighted by molar-refractivity contribution is 8.06. The first-order valence-electron chi connectivity index (χ1n) is 4.26. The molecule has 13 heavy (non-hydrogen) atoms. The summed E-state index contributed by atoms with van der Waals surface area (Å²) in [7, 11) is 2.03. The predicted molar refractivity (Wildman–Crippen MR) is 63.4 cm³/mol. The molecular formula is C11H19NS. The number of hydrogen-bond acceptors (Lipinski definition) is 2. The molecule has 0 aromatic heterocycles. The molecule has 0 radical (unpaired) electrons. The number of hydrogen-bond donors (Lipinski definition) is 0. The van der Waals surface area contributed by atoms with Crippen LogP contribution in [-0.4, -0.2) is 11.9 Å². The van der Waals surface area contributed by atoms with Crippen LogP contribution in [-0.2, 0) is 0 Å². The molecule has 0 saturated carbocycles. The molecule has 1 nitrogen and oxygen atoms in total. The van der Waals surface area contributed by atoms with Crippen molar-refractivity contribution in [1.29, 1.82) is 0 Å². The molecular weight excluding hydrogens is 178 g/mol. The van der Waals surface area contributed by atoms with Crippen molar-refractivity contribution in [2.45, 2.75) is 27.7 Å². The van der Waals surface area contributed by atoms with E-state index in [2.05, 4.69) is 31.9 Å². The van der Waals surface area contributed by atoms with Crippen LogP contribution in [0.15, 0.2) is 34.4 Å². The van der Waals surface area contributed by atoms with Gasteiger partial charge in [0.2, 0.25) is 0 Å². The highest BCUT2D eigenvalue weighted by atomic mass is 32.2. The van der Waals surface area contributed by atoms with Gasteiger partial charge < -0.3 is 4.90 Å². The van der Waals surface area contributed by atoms with Gasteiger partial charge >= 0.3 is 0 Å². The van der Waals surface area contributed by atoms with Crippen LogP contribution in [0.1, 0.15) is 27.7 Å². The first-order chi connectivity index (χ1) is 5.86. The third kappa shape index (κ3) is 4.23. The maximum atomic E-state index is 3.91. The largest absolute Gasteiger partial charge is 0.344 e. The van der Waals surface area contributed by atoms with Gasteiger partial charge in [0, 0.05) is 12.7 Å². The maximum Gasteiger partial charge on any atom is 0.0777 e. The fraction of sp³-hybridized carbons (Fsp3) is 0.455. The molecule has 0 unspecified atom stereocenters. The van der Waals surface area contributed by atoms with Crippen LogP contribution in [0, 0.1) is 0 Å². The lowest BCUT2D eigenvalue weighted by Crippen LogP contribution is -2.13. The van der Waals surface area contributed by atoms with Crippen LogP contribution < -0.4 is 0 Å². The Bertz CT molecular complexity index is 247. The van der Waals surface area contributed by atoms with Gasteiger partial charge in [-0.3, -0.25) is 0 Å². The SMILES string of the molecule is C=C(C)SC(=C(C)C)N(C)C(=C)C. The Morgan fingerprint density at radius 3 is 1.77 bits per heavy atom. The predicted octanol–water partition coefficient (Wildman–Crippen LogP) is 3.97. The summed E-state index contributed by atoms with van der Waals surface area (Å²) in [5, 5.41) is 1.22. The molecule has 0 atom stereocenters. The fourth-order valence-electron chi connectivity index (χ4n) is 0.844. The normalized spacial score (nSPS) is 9.31. The summed E-state index contributed by atoms with van der Waals surface area (Å²) in [5.41, 5.74) is 2.34. The van der Waals surface area contributed by atoms with E-state index in [9.17, 15) is 0 Å². The van der Waals surface area contributed by atoms with Crippen molar-refractivity contribution in [1.82, 2.24) is 4.90 Å². The molecule has 74 valence electrons. The van der Waals surface area contributed by atoms with Gasteiger partial charge in [0.15, 0.2) is 0 Å². The zero-order valence-electron chi connectivity index (χ0n) is 9.27. The van der Waals surface area contributed by atoms with Crippen molar-refractivity contribution in [2.24, 2.45) is 0 Å². The van der Waals surface area contributed by atoms with E-state index in [1.165, 1.54) is 10.6 Å². The van der Waals surface area contributed by atoms with Gasteiger partial charge in [-0.1, -0.05) is 24.9 Å². The highest BCUT2D eigenvalue weighted by Gasteiger charge is 2.07. The van der Waals surface area contributed by atoms with E-state index in [0.717, 1.165) is 10.6 Å². The van der Waals surface area contributed by atoms with Crippen LogP contribution in [0.5, 0.6) is 0 Å². The molecule has 0 rings (SSSR count). The zero-order chi connectivity index (χ0) is 10.6. The van der Waals surface area contributed by atoms with E-state index in [1.807, 2.05) is 20.9 Å². The van der Waals surface area contributed by atoms with Gasteiger partial charge in [-0.25, -0.2) is 0 Å². The minimum absolute atomic E-state index is 1.05. The van der Waals surface area contributed by atoms with Gasteiger partial charge in [0.25, 0.3) is 0 Å². The van der Waals surface area contributed by atoms with Crippen molar-refractivity contribution < 1.29 is 0 Å². The number of rotatable bonds is 4. The molecule has 0 aliphatic rings. The van der Waals surface area contributed by atoms with E-state index < -0.39 is 0 Å². The van der Waals surface area contributed by atoms with Crippen molar-refractivity contribution in [2.75, 3.05) is 7.05 Å². The van der Waals surface area contributed by atoms with Crippen LogP contribution in [0.2, 0.25) is 0 Å². The Morgan fingerprint density at radius 2 is 1.54 bits per heavy atom. The summed E-state index contributed by atoms with van der Waals surface area (Å²) in [6.45, 7) is 16.0. The maximum absolute atomic E-state index is 3.91. The van der Waals surface area contributed by atoms with Crippen LogP contribution in [0.4, 0.5) is 0 Å². The van der Waals surface area contributed by atoms with E-state index in [1.54, 1.807) is 11.8 Å². The lowest BCUT2D eigenvalue weighted by atomic mass is 10.3. The smallest absolute Gasteiger partial charge is 0.0777 e. The first kappa shape index (κ1) is 12.4. The number of thioether (sulfide) groups is 1. The second-order valence-electron chi connectivity index (χ2n) is 3.40. The van der Waals surface area contributed by atoms with E-state index in [0.29, 0.717) is 0 Å². The molecule has 0 aromatic carbocycles. The highest BCUT2D eigenvalue weighted by Crippen LogP contribution is 2.30. The summed E-state index contributed by atoms with van der Waals surface area (Å²) in [6.07, 6.45) is 0. The summed E-state index contributed by atoms with van der Waals surface area (Å²) >= 11 is 1.69. The standard InChI is InChI=1S/C11H19NS/c1-8(2)11(13-10(5)6)12(7)9(3)4/h3,5H2,1-2,4,6-7H3. The average Bonchev–Trinajstić information content (AvgIpc) is 1.97. The van der Waals surface area contributed by atoms with Crippen LogP contribution in [0.3, 0.4) is 0 Å². The summed E-state index contributed by atoms with van der Waals surface area (Å²) in [4.78, 5) is 3.19. The minimum atomic E-state index is 1.05. The Labute approximate surface area is 86.2 Å². The Hall–Kier alpha value is -0.630. The molecule has 0 fully saturated rings. The molecule has 0 spiro atoms. The van der Waals surface area contributed by atoms with Gasteiger partial charge in [0.1, 0.15) is 0 Å². The van der Waals surface area contributed by atoms with E-state index >= 15 is 0 Å². The molecule has 0 amide bonds. The topological polar surface area (TPSA) is 3.24 Å². The van der Waals surface area contributed by atoms with Gasteiger partial charge in [-0.05, 0) is 38.2 Å². The molecule has 0 saturated heterocycles. The Morgan fingerprint density at radius 1 is 1.08 bits per heavy atom. The second kappa shape index (κ2) is 5.18. The number of nitrogens with zero attached hydrogens (tertiary/aromatic N) is 1. The molecule has 0 bridgehead atoms. The molecule has 0 aliphatic heterocycles. The lowest BCUT2D eigenvalue weighted by molar-refractivity contribution is 0.554. The molecule has 0 aliphatic carbocycles. The molecule has 2 heteroatoms. The van der Waals surface area contributed by atoms with Crippen molar-refractivity contribution >= 4 is 11.8 Å². The zero-order valence-corrected chi connectivity index (χ0v) is 10.1. The minimum Gasteiger partial charge on any atom is -0.344 e. The Balaban J connectivity index is 4.74. The fourth-order valence-corrected chi connectivity index (χ4v) is 1.67. The lowest BCUT2D eigenvalue weighted by Gasteiger charge is -2.23. The molecule has 0 N–H and O–H groups in total. The Kier molecular flexibility index (Phi) is 4.92. The van der Waals surface area contributed by atoms with Gasteiger partial charge in [0.05, 0.1) is 5.03 Å². The van der Waals surface area contributed by atoms with Crippen molar-refractivity contribution in [3.63, 3.8) is 0 Å². The van der Waals surface area contributed by atoms with E-state index in [4.69, 9.17) is 0 Å². The van der Waals surface area contributed by atoms with Crippen molar-refractivity contribution in [3.05, 3.63) is 34.4 Å². The van der Waals surface area contributed by atoms with Gasteiger partial charge in [-0.2, -0.15) is 0 Å². The monoisotopic (exact) mass is 197 g/mol. The molecule has 0 heterocycles. The first-order valence-corrected chi connectivity index (χ1v) is 5.08. The van der Waals surface area contributed by atoms with Crippen LogP contribution >= 0.6 is 11.8 Å². The summed E-state index contributed by atoms with van der Waals surface area (Å²) < 4.78 is 0. The third-order valence-electron chi connectivity index (χ3n) is 1.58. The van der Waals surface area contributed by atoms with Crippen LogP contribution in [0.25, 0.3) is 0 Å². The van der Waals surface area contributed by atoms with Gasteiger partial charge in [-0.15, -0.1) is 0 Å². The summed E-state index contributed by atoms with van der Waals surface area (Å²) in [6, 6.07) is 0.